The third kappa shape index (κ3) is 4.84. The van der Waals surface area contributed by atoms with Crippen LogP contribution in [0.2, 0.25) is 0 Å². The molecule has 0 atom stereocenters. The highest BCUT2D eigenvalue weighted by atomic mass is 19.1. The van der Waals surface area contributed by atoms with Gasteiger partial charge in [0.25, 0.3) is 0 Å². The third-order valence-electron chi connectivity index (χ3n) is 2.26. The van der Waals surface area contributed by atoms with Gasteiger partial charge in [0.1, 0.15) is 12.4 Å². The molecule has 0 aliphatic rings. The van der Waals surface area contributed by atoms with Crippen LogP contribution in [0.1, 0.15) is 29.8 Å². The molecule has 0 N–H and O–H groups in total. The molecule has 0 amide bonds. The van der Waals surface area contributed by atoms with Gasteiger partial charge in [0, 0.05) is 6.61 Å². The molecular formula is C14H19FO3. The summed E-state index contributed by atoms with van der Waals surface area (Å²) in [6, 6.07) is 4.42. The largest absolute Gasteiger partial charge is 0.460 e. The van der Waals surface area contributed by atoms with Crippen molar-refractivity contribution in [2.45, 2.75) is 20.8 Å². The normalized spacial score (nSPS) is 10.7. The molecule has 0 unspecified atom stereocenters. The topological polar surface area (TPSA) is 35.5 Å². The van der Waals surface area contributed by atoms with Gasteiger partial charge in [-0.25, -0.2) is 9.18 Å². The molecule has 100 valence electrons. The number of carbonyl (C=O) groups excluding carboxylic acids is 1. The zero-order chi connectivity index (χ0) is 13.5. The molecule has 0 saturated heterocycles. The Morgan fingerprint density at radius 1 is 1.33 bits per heavy atom. The van der Waals surface area contributed by atoms with Crippen molar-refractivity contribution in [3.63, 3.8) is 0 Å². The summed E-state index contributed by atoms with van der Waals surface area (Å²) in [5, 5.41) is 0. The van der Waals surface area contributed by atoms with E-state index in [1.807, 2.05) is 13.8 Å². The van der Waals surface area contributed by atoms with Crippen LogP contribution in [0.4, 0.5) is 4.39 Å². The summed E-state index contributed by atoms with van der Waals surface area (Å²) in [4.78, 5) is 11.6. The van der Waals surface area contributed by atoms with Gasteiger partial charge < -0.3 is 9.47 Å². The van der Waals surface area contributed by atoms with Gasteiger partial charge >= 0.3 is 5.97 Å². The van der Waals surface area contributed by atoms with Crippen molar-refractivity contribution in [1.82, 2.24) is 0 Å². The Hall–Kier alpha value is -1.42. The van der Waals surface area contributed by atoms with Crippen LogP contribution in [0.25, 0.3) is 0 Å². The van der Waals surface area contributed by atoms with E-state index in [2.05, 4.69) is 0 Å². The average Bonchev–Trinajstić information content (AvgIpc) is 2.27. The van der Waals surface area contributed by atoms with Crippen molar-refractivity contribution in [2.75, 3.05) is 19.8 Å². The van der Waals surface area contributed by atoms with E-state index in [0.29, 0.717) is 19.1 Å². The Balaban J connectivity index is 2.36. The van der Waals surface area contributed by atoms with Crippen molar-refractivity contribution >= 4 is 5.97 Å². The third-order valence-corrected chi connectivity index (χ3v) is 2.26. The highest BCUT2D eigenvalue weighted by Crippen LogP contribution is 2.11. The van der Waals surface area contributed by atoms with Crippen LogP contribution >= 0.6 is 0 Å². The average molecular weight is 254 g/mol. The summed E-state index contributed by atoms with van der Waals surface area (Å²) in [6.45, 7) is 6.92. The number of rotatable bonds is 6. The predicted molar refractivity (Wildman–Crippen MR) is 67.1 cm³/mol. The van der Waals surface area contributed by atoms with Gasteiger partial charge in [0.15, 0.2) is 0 Å². The zero-order valence-corrected chi connectivity index (χ0v) is 11.0. The summed E-state index contributed by atoms with van der Waals surface area (Å²) in [5.74, 6) is -0.765. The summed E-state index contributed by atoms with van der Waals surface area (Å²) in [7, 11) is 0. The fourth-order valence-electron chi connectivity index (χ4n) is 1.38. The second-order valence-corrected chi connectivity index (χ2v) is 4.59. The fraction of sp³-hybridized carbons (Fsp3) is 0.500. The second kappa shape index (κ2) is 7.11. The fourth-order valence-corrected chi connectivity index (χ4v) is 1.38. The van der Waals surface area contributed by atoms with Gasteiger partial charge in [-0.3, -0.25) is 0 Å². The maximum atomic E-state index is 13.4. The first-order valence-electron chi connectivity index (χ1n) is 6.01. The van der Waals surface area contributed by atoms with E-state index in [1.165, 1.54) is 12.1 Å². The van der Waals surface area contributed by atoms with Crippen molar-refractivity contribution in [3.05, 3.63) is 35.1 Å². The summed E-state index contributed by atoms with van der Waals surface area (Å²) >= 11 is 0. The molecule has 0 radical (unpaired) electrons. The lowest BCUT2D eigenvalue weighted by Crippen LogP contribution is -2.13. The minimum absolute atomic E-state index is 0.0375. The Labute approximate surface area is 107 Å². The standard InChI is InChI=1S/C14H19FO3/c1-10(2)9-17-6-7-18-14(16)12-5-4-11(3)8-13(12)15/h4-5,8,10H,6-7,9H2,1-3H3. The molecule has 4 heteroatoms. The Morgan fingerprint density at radius 3 is 2.67 bits per heavy atom. The first-order chi connectivity index (χ1) is 8.50. The molecule has 3 nitrogen and oxygen atoms in total. The lowest BCUT2D eigenvalue weighted by Gasteiger charge is -2.08. The maximum Gasteiger partial charge on any atom is 0.341 e. The number of halogens is 1. The number of hydrogen-bond acceptors (Lipinski definition) is 3. The first kappa shape index (κ1) is 14.6. The van der Waals surface area contributed by atoms with Crippen LogP contribution in [0.15, 0.2) is 18.2 Å². The van der Waals surface area contributed by atoms with Crippen LogP contribution in [0.3, 0.4) is 0 Å². The minimum Gasteiger partial charge on any atom is -0.460 e. The van der Waals surface area contributed by atoms with E-state index < -0.39 is 11.8 Å². The van der Waals surface area contributed by atoms with E-state index in [-0.39, 0.29) is 12.2 Å². The van der Waals surface area contributed by atoms with E-state index in [0.717, 1.165) is 5.56 Å². The van der Waals surface area contributed by atoms with Gasteiger partial charge in [-0.15, -0.1) is 0 Å². The van der Waals surface area contributed by atoms with Gasteiger partial charge in [-0.05, 0) is 30.5 Å². The molecule has 0 spiro atoms. The SMILES string of the molecule is Cc1ccc(C(=O)OCCOCC(C)C)c(F)c1. The van der Waals surface area contributed by atoms with Gasteiger partial charge in [0.2, 0.25) is 0 Å². The number of aryl methyl sites for hydroxylation is 1. The van der Waals surface area contributed by atoms with Crippen LogP contribution in [-0.2, 0) is 9.47 Å². The lowest BCUT2D eigenvalue weighted by atomic mass is 10.1. The zero-order valence-electron chi connectivity index (χ0n) is 11.0. The number of carbonyl (C=O) groups is 1. The number of benzene rings is 1. The second-order valence-electron chi connectivity index (χ2n) is 4.59. The van der Waals surface area contributed by atoms with E-state index in [9.17, 15) is 9.18 Å². The quantitative estimate of drug-likeness (QED) is 0.578. The Kier molecular flexibility index (Phi) is 5.78. The molecule has 0 heterocycles. The Morgan fingerprint density at radius 2 is 2.06 bits per heavy atom. The number of esters is 1. The smallest absolute Gasteiger partial charge is 0.341 e. The van der Waals surface area contributed by atoms with Crippen LogP contribution < -0.4 is 0 Å². The molecule has 0 aliphatic heterocycles. The van der Waals surface area contributed by atoms with Crippen molar-refractivity contribution in [3.8, 4) is 0 Å². The van der Waals surface area contributed by atoms with E-state index in [1.54, 1.807) is 13.0 Å². The first-order valence-corrected chi connectivity index (χ1v) is 6.01. The van der Waals surface area contributed by atoms with Crippen molar-refractivity contribution in [1.29, 1.82) is 0 Å². The molecular weight excluding hydrogens is 235 g/mol. The summed E-state index contributed by atoms with van der Waals surface area (Å²) in [6.07, 6.45) is 0. The molecule has 1 rings (SSSR count). The molecule has 1 aromatic rings. The molecule has 18 heavy (non-hydrogen) atoms. The van der Waals surface area contributed by atoms with Crippen LogP contribution in [-0.4, -0.2) is 25.8 Å². The van der Waals surface area contributed by atoms with Crippen molar-refractivity contribution in [2.24, 2.45) is 5.92 Å². The number of hydrogen-bond donors (Lipinski definition) is 0. The minimum atomic E-state index is -0.652. The molecule has 0 aromatic heterocycles. The number of ether oxygens (including phenoxy) is 2. The van der Waals surface area contributed by atoms with Gasteiger partial charge in [-0.1, -0.05) is 19.9 Å². The Bertz CT molecular complexity index is 402. The predicted octanol–water partition coefficient (Wildman–Crippen LogP) is 2.96. The van der Waals surface area contributed by atoms with E-state index in [4.69, 9.17) is 9.47 Å². The highest BCUT2D eigenvalue weighted by Gasteiger charge is 2.12. The highest BCUT2D eigenvalue weighted by molar-refractivity contribution is 5.89. The molecule has 0 aliphatic carbocycles. The van der Waals surface area contributed by atoms with Gasteiger partial charge in [0.05, 0.1) is 12.2 Å². The summed E-state index contributed by atoms with van der Waals surface area (Å²) < 4.78 is 23.6. The van der Waals surface area contributed by atoms with E-state index >= 15 is 0 Å². The van der Waals surface area contributed by atoms with Crippen molar-refractivity contribution < 1.29 is 18.7 Å². The van der Waals surface area contributed by atoms with Crippen LogP contribution in [0, 0.1) is 18.7 Å². The molecule has 0 fully saturated rings. The molecule has 0 bridgehead atoms. The monoisotopic (exact) mass is 254 g/mol. The van der Waals surface area contributed by atoms with Crippen LogP contribution in [0.5, 0.6) is 0 Å². The van der Waals surface area contributed by atoms with Gasteiger partial charge in [-0.2, -0.15) is 0 Å². The molecule has 1 aromatic carbocycles. The maximum absolute atomic E-state index is 13.4. The summed E-state index contributed by atoms with van der Waals surface area (Å²) in [5.41, 5.74) is 0.730. The molecule has 0 saturated carbocycles. The lowest BCUT2D eigenvalue weighted by molar-refractivity contribution is 0.0273.